The Morgan fingerprint density at radius 1 is 0.667 bits per heavy atom. The quantitative estimate of drug-likeness (QED) is 0.261. The number of nitrogens with one attached hydrogen (secondary N) is 2. The van der Waals surface area contributed by atoms with Gasteiger partial charge >= 0.3 is 0 Å². The third kappa shape index (κ3) is 4.57. The van der Waals surface area contributed by atoms with E-state index >= 15 is 0 Å². The highest BCUT2D eigenvalue weighted by Crippen LogP contribution is 2.41. The fourth-order valence-corrected chi connectivity index (χ4v) is 5.26. The molecule has 0 radical (unpaired) electrons. The molecular weight excluding hydrogens is 424 g/mol. The number of carbonyl (C=O) groups is 1. The fraction of sp³-hybridized carbons (Fsp3) is 0.0690. The van der Waals surface area contributed by atoms with Gasteiger partial charge in [-0.2, -0.15) is 0 Å². The molecule has 0 unspecified atom stereocenters. The molecule has 0 atom stereocenters. The summed E-state index contributed by atoms with van der Waals surface area (Å²) in [5.41, 5.74) is 3.09. The molecule has 0 heterocycles. The lowest BCUT2D eigenvalue weighted by atomic mass is 9.96. The summed E-state index contributed by atoms with van der Waals surface area (Å²) in [6, 6.07) is 35.7. The van der Waals surface area contributed by atoms with Gasteiger partial charge in [0, 0.05) is 34.6 Å². The van der Waals surface area contributed by atoms with Crippen LogP contribution in [0.2, 0.25) is 0 Å². The summed E-state index contributed by atoms with van der Waals surface area (Å²) in [5, 5.41) is 11.4. The van der Waals surface area contributed by atoms with Gasteiger partial charge in [-0.25, -0.2) is 0 Å². The van der Waals surface area contributed by atoms with E-state index in [1.807, 2.05) is 36.0 Å². The topological polar surface area (TPSA) is 41.1 Å². The van der Waals surface area contributed by atoms with E-state index in [1.54, 1.807) is 0 Å². The normalized spacial score (nSPS) is 10.9. The molecule has 0 aliphatic heterocycles. The second-order valence-corrected chi connectivity index (χ2v) is 9.01. The highest BCUT2D eigenvalue weighted by atomic mass is 32.2. The van der Waals surface area contributed by atoms with Gasteiger partial charge in [-0.05, 0) is 63.5 Å². The predicted octanol–water partition coefficient (Wildman–Crippen LogP) is 7.71. The maximum Gasteiger partial charge on any atom is 0.221 e. The summed E-state index contributed by atoms with van der Waals surface area (Å²) in [6.45, 7) is 2.22. The van der Waals surface area contributed by atoms with Crippen LogP contribution in [0.25, 0.3) is 21.5 Å². The summed E-state index contributed by atoms with van der Waals surface area (Å²) in [5.74, 6) is -0.0675. The molecule has 2 N–H and O–H groups in total. The van der Waals surface area contributed by atoms with Gasteiger partial charge in [-0.1, -0.05) is 78.5 Å². The molecule has 0 spiro atoms. The number of anilines is 2. The second-order valence-electron chi connectivity index (χ2n) is 7.93. The SMILES string of the molecule is CC(=O)Nc1ccc(NCc2c3ccccc3c(Sc3ccccc3)c3ccccc23)cc1. The average Bonchev–Trinajstić information content (AvgIpc) is 2.85. The molecule has 33 heavy (non-hydrogen) atoms. The van der Waals surface area contributed by atoms with Crippen molar-refractivity contribution in [3.8, 4) is 0 Å². The molecule has 0 fully saturated rings. The van der Waals surface area contributed by atoms with Gasteiger partial charge in [-0.15, -0.1) is 0 Å². The van der Waals surface area contributed by atoms with Crippen LogP contribution in [0.1, 0.15) is 12.5 Å². The Morgan fingerprint density at radius 2 is 1.18 bits per heavy atom. The summed E-state index contributed by atoms with van der Waals surface area (Å²) in [6.07, 6.45) is 0. The monoisotopic (exact) mass is 448 g/mol. The molecule has 0 aliphatic carbocycles. The van der Waals surface area contributed by atoms with Gasteiger partial charge in [0.2, 0.25) is 5.91 Å². The third-order valence-electron chi connectivity index (χ3n) is 5.63. The fourth-order valence-electron chi connectivity index (χ4n) is 4.15. The van der Waals surface area contributed by atoms with Gasteiger partial charge in [0.1, 0.15) is 0 Å². The molecule has 0 bridgehead atoms. The summed E-state index contributed by atoms with van der Waals surface area (Å²) >= 11 is 1.82. The van der Waals surface area contributed by atoms with Crippen LogP contribution in [0, 0.1) is 0 Å². The molecule has 5 aromatic rings. The first-order chi connectivity index (χ1) is 16.2. The van der Waals surface area contributed by atoms with Crippen LogP contribution in [-0.4, -0.2) is 5.91 Å². The van der Waals surface area contributed by atoms with Gasteiger partial charge in [0.15, 0.2) is 0 Å². The van der Waals surface area contributed by atoms with Gasteiger partial charge in [-0.3, -0.25) is 4.79 Å². The minimum atomic E-state index is -0.0675. The van der Waals surface area contributed by atoms with Crippen molar-refractivity contribution in [2.24, 2.45) is 0 Å². The molecule has 0 aromatic heterocycles. The van der Waals surface area contributed by atoms with Gasteiger partial charge in [0.25, 0.3) is 0 Å². The van der Waals surface area contributed by atoms with E-state index in [1.165, 1.54) is 43.8 Å². The number of hydrogen-bond donors (Lipinski definition) is 2. The lowest BCUT2D eigenvalue weighted by Crippen LogP contribution is -2.06. The number of benzene rings is 5. The number of carbonyl (C=O) groups excluding carboxylic acids is 1. The highest BCUT2D eigenvalue weighted by molar-refractivity contribution is 7.99. The van der Waals surface area contributed by atoms with Crippen LogP contribution < -0.4 is 10.6 Å². The first kappa shape index (κ1) is 21.1. The van der Waals surface area contributed by atoms with E-state index in [0.717, 1.165) is 11.4 Å². The van der Waals surface area contributed by atoms with Crippen molar-refractivity contribution in [3.05, 3.63) is 109 Å². The van der Waals surface area contributed by atoms with E-state index in [9.17, 15) is 4.79 Å². The number of amides is 1. The number of hydrogen-bond acceptors (Lipinski definition) is 3. The molecule has 0 aliphatic rings. The molecule has 0 saturated carbocycles. The molecule has 0 saturated heterocycles. The Morgan fingerprint density at radius 3 is 1.76 bits per heavy atom. The minimum absolute atomic E-state index is 0.0675. The lowest BCUT2D eigenvalue weighted by Gasteiger charge is -2.17. The molecule has 3 nitrogen and oxygen atoms in total. The standard InChI is InChI=1S/C29H24N2OS/c1-20(32)31-22-17-15-21(16-18-22)30-19-28-24-11-5-7-13-26(24)29(27-14-8-6-12-25(27)28)33-23-9-3-2-4-10-23/h2-18,30H,19H2,1H3,(H,31,32). The van der Waals surface area contributed by atoms with E-state index in [2.05, 4.69) is 89.5 Å². The van der Waals surface area contributed by atoms with Gasteiger partial charge < -0.3 is 10.6 Å². The van der Waals surface area contributed by atoms with Crippen molar-refractivity contribution in [1.82, 2.24) is 0 Å². The predicted molar refractivity (Wildman–Crippen MR) is 140 cm³/mol. The first-order valence-electron chi connectivity index (χ1n) is 11.0. The van der Waals surface area contributed by atoms with Crippen molar-refractivity contribution < 1.29 is 4.79 Å². The van der Waals surface area contributed by atoms with Crippen LogP contribution in [0.4, 0.5) is 11.4 Å². The molecule has 4 heteroatoms. The van der Waals surface area contributed by atoms with Crippen LogP contribution in [0.15, 0.2) is 113 Å². The Hall–Kier alpha value is -3.76. The Balaban J connectivity index is 1.55. The van der Waals surface area contributed by atoms with E-state index < -0.39 is 0 Å². The third-order valence-corrected chi connectivity index (χ3v) is 6.78. The summed E-state index contributed by atoms with van der Waals surface area (Å²) in [7, 11) is 0. The molecule has 162 valence electrons. The van der Waals surface area contributed by atoms with Crippen molar-refractivity contribution >= 4 is 50.6 Å². The zero-order valence-corrected chi connectivity index (χ0v) is 19.2. The van der Waals surface area contributed by atoms with Crippen molar-refractivity contribution in [2.75, 3.05) is 10.6 Å². The van der Waals surface area contributed by atoms with Crippen LogP contribution in [0.3, 0.4) is 0 Å². The van der Waals surface area contributed by atoms with E-state index in [0.29, 0.717) is 6.54 Å². The van der Waals surface area contributed by atoms with Crippen molar-refractivity contribution in [2.45, 2.75) is 23.3 Å². The Kier molecular flexibility index (Phi) is 6.01. The smallest absolute Gasteiger partial charge is 0.221 e. The maximum absolute atomic E-state index is 11.3. The molecule has 5 aromatic carbocycles. The van der Waals surface area contributed by atoms with Crippen molar-refractivity contribution in [1.29, 1.82) is 0 Å². The minimum Gasteiger partial charge on any atom is -0.381 e. The Bertz CT molecular complexity index is 1370. The molecular formula is C29H24N2OS. The lowest BCUT2D eigenvalue weighted by molar-refractivity contribution is -0.114. The molecule has 5 rings (SSSR count). The van der Waals surface area contributed by atoms with Crippen molar-refractivity contribution in [3.63, 3.8) is 0 Å². The van der Waals surface area contributed by atoms with Crippen LogP contribution in [-0.2, 0) is 11.3 Å². The van der Waals surface area contributed by atoms with Crippen LogP contribution >= 0.6 is 11.8 Å². The first-order valence-corrected chi connectivity index (χ1v) is 11.8. The second kappa shape index (κ2) is 9.39. The van der Waals surface area contributed by atoms with E-state index in [-0.39, 0.29) is 5.91 Å². The van der Waals surface area contributed by atoms with Crippen LogP contribution in [0.5, 0.6) is 0 Å². The van der Waals surface area contributed by atoms with E-state index in [4.69, 9.17) is 0 Å². The highest BCUT2D eigenvalue weighted by Gasteiger charge is 2.14. The summed E-state index contributed by atoms with van der Waals surface area (Å²) in [4.78, 5) is 13.8. The molecule has 1 amide bonds. The largest absolute Gasteiger partial charge is 0.381 e. The number of fused-ring (bicyclic) bond motifs is 2. The average molecular weight is 449 g/mol. The zero-order valence-electron chi connectivity index (χ0n) is 18.3. The Labute approximate surface area is 197 Å². The van der Waals surface area contributed by atoms with Gasteiger partial charge in [0.05, 0.1) is 0 Å². The zero-order chi connectivity index (χ0) is 22.6. The number of rotatable bonds is 6. The maximum atomic E-state index is 11.3. The summed E-state index contributed by atoms with van der Waals surface area (Å²) < 4.78 is 0.